The van der Waals surface area contributed by atoms with Gasteiger partial charge in [-0.25, -0.2) is 4.98 Å². The number of nitrogens with one attached hydrogen (secondary N) is 1. The second kappa shape index (κ2) is 12.2. The zero-order valence-electron chi connectivity index (χ0n) is 9.05. The van der Waals surface area contributed by atoms with Crippen molar-refractivity contribution in [1.29, 1.82) is 0 Å². The van der Waals surface area contributed by atoms with E-state index in [2.05, 4.69) is 34.4 Å². The number of isothiocyanates is 2. The molecule has 2 aromatic rings. The number of hydrogen-bond acceptors (Lipinski definition) is 4. The number of aromatic nitrogens is 2. The molecule has 0 aliphatic heterocycles. The minimum absolute atomic E-state index is 0. The molecule has 1 aromatic heterocycles. The van der Waals surface area contributed by atoms with Crippen molar-refractivity contribution >= 4 is 45.8 Å². The van der Waals surface area contributed by atoms with Gasteiger partial charge in [-0.2, -0.15) is 10.3 Å². The zero-order chi connectivity index (χ0) is 13.1. The van der Waals surface area contributed by atoms with Crippen molar-refractivity contribution in [2.45, 2.75) is 6.54 Å². The van der Waals surface area contributed by atoms with Gasteiger partial charge in [0.2, 0.25) is 0 Å². The minimum Gasteiger partial charge on any atom is -0.753 e. The molecule has 1 aromatic carbocycles. The van der Waals surface area contributed by atoms with E-state index in [1.807, 2.05) is 24.3 Å². The third-order valence-corrected chi connectivity index (χ3v) is 1.63. The van der Waals surface area contributed by atoms with Crippen molar-refractivity contribution in [2.24, 2.45) is 5.73 Å². The quantitative estimate of drug-likeness (QED) is 0.477. The summed E-state index contributed by atoms with van der Waals surface area (Å²) >= 11 is 7.40. The number of para-hydroxylation sites is 2. The van der Waals surface area contributed by atoms with Gasteiger partial charge in [-0.3, -0.25) is 0 Å². The van der Waals surface area contributed by atoms with Gasteiger partial charge in [0.1, 0.15) is 5.82 Å². The van der Waals surface area contributed by atoms with Gasteiger partial charge < -0.3 is 21.5 Å². The first-order valence-electron chi connectivity index (χ1n) is 4.39. The molecule has 0 saturated carbocycles. The number of H-pyrrole nitrogens is 1. The maximum Gasteiger partial charge on any atom is 2.00 e. The summed E-state index contributed by atoms with van der Waals surface area (Å²) in [7, 11) is 0. The van der Waals surface area contributed by atoms with E-state index in [9.17, 15) is 0 Å². The Bertz CT molecular complexity index is 483. The molecule has 2 rings (SSSR count). The topological polar surface area (TPSA) is 99.3 Å². The van der Waals surface area contributed by atoms with Crippen molar-refractivity contribution in [3.8, 4) is 0 Å². The Labute approximate surface area is 126 Å². The van der Waals surface area contributed by atoms with Gasteiger partial charge in [-0.1, -0.05) is 36.6 Å². The number of nitrogens with zero attached hydrogens (tertiary/aromatic N) is 3. The molecule has 0 spiro atoms. The number of hydrogen-bond donors (Lipinski definition) is 2. The maximum atomic E-state index is 7.13. The Hall–Kier alpha value is -1.23. The fraction of sp³-hybridized carbons (Fsp3) is 0.100. The van der Waals surface area contributed by atoms with Crippen LogP contribution in [0.1, 0.15) is 5.82 Å². The van der Waals surface area contributed by atoms with Gasteiger partial charge in [0.15, 0.2) is 0 Å². The van der Waals surface area contributed by atoms with Crippen molar-refractivity contribution in [3.63, 3.8) is 0 Å². The average molecular weight is 327 g/mol. The smallest absolute Gasteiger partial charge is 0.753 e. The van der Waals surface area contributed by atoms with Crippen LogP contribution in [-0.2, 0) is 23.6 Å². The van der Waals surface area contributed by atoms with Crippen molar-refractivity contribution in [1.82, 2.24) is 9.97 Å². The molecule has 0 unspecified atom stereocenters. The van der Waals surface area contributed by atoms with E-state index in [1.54, 1.807) is 0 Å². The molecule has 3 N–H and O–H groups in total. The van der Waals surface area contributed by atoms with E-state index in [1.165, 1.54) is 10.3 Å². The summed E-state index contributed by atoms with van der Waals surface area (Å²) in [5.74, 6) is 0.839. The van der Waals surface area contributed by atoms with Crippen LogP contribution in [0.3, 0.4) is 0 Å². The molecule has 0 aliphatic rings. The molecule has 0 amide bonds. The molecule has 1 heterocycles. The van der Waals surface area contributed by atoms with Crippen LogP contribution in [0.5, 0.6) is 0 Å². The van der Waals surface area contributed by atoms with Crippen LogP contribution in [0.15, 0.2) is 24.3 Å². The van der Waals surface area contributed by atoms with Crippen molar-refractivity contribution in [3.05, 3.63) is 40.9 Å². The molecule has 0 fully saturated rings. The summed E-state index contributed by atoms with van der Waals surface area (Å²) in [4.78, 5) is 7.36. The first-order chi connectivity index (χ1) is 8.23. The zero-order valence-corrected chi connectivity index (χ0v) is 11.6. The van der Waals surface area contributed by atoms with Crippen LogP contribution in [0.2, 0.25) is 0 Å². The van der Waals surface area contributed by atoms with E-state index in [-0.39, 0.29) is 17.1 Å². The van der Waals surface area contributed by atoms with Crippen LogP contribution in [0.4, 0.5) is 0 Å². The Morgan fingerprint density at radius 3 is 2.17 bits per heavy atom. The maximum absolute atomic E-state index is 7.13. The normalized spacial score (nSPS) is 7.39. The number of fused-ring (bicyclic) bond motifs is 1. The van der Waals surface area contributed by atoms with E-state index < -0.39 is 0 Å². The third-order valence-electron chi connectivity index (χ3n) is 1.63. The molecule has 0 saturated heterocycles. The van der Waals surface area contributed by atoms with Crippen molar-refractivity contribution in [2.75, 3.05) is 0 Å². The first kappa shape index (κ1) is 19.1. The molecular formula is C10H9CuN5S2. The second-order valence-electron chi connectivity index (χ2n) is 2.59. The predicted octanol–water partition coefficient (Wildman–Crippen LogP) is 2.34. The number of aromatic amines is 1. The molecule has 8 heteroatoms. The summed E-state index contributed by atoms with van der Waals surface area (Å²) < 4.78 is 0. The number of benzene rings is 1. The van der Waals surface area contributed by atoms with E-state index >= 15 is 0 Å². The molecule has 97 valence electrons. The van der Waals surface area contributed by atoms with Crippen LogP contribution >= 0.6 is 24.4 Å². The Morgan fingerprint density at radius 1 is 1.22 bits per heavy atom. The fourth-order valence-electron chi connectivity index (χ4n) is 1.10. The van der Waals surface area contributed by atoms with Gasteiger partial charge in [-0.05, 0) is 12.1 Å². The summed E-state index contributed by atoms with van der Waals surface area (Å²) in [5.41, 5.74) is 7.45. The number of imidazole rings is 1. The molecule has 18 heavy (non-hydrogen) atoms. The third kappa shape index (κ3) is 7.16. The number of rotatable bonds is 1. The van der Waals surface area contributed by atoms with Gasteiger partial charge in [0.25, 0.3) is 0 Å². The molecule has 0 atom stereocenters. The number of thiocarbonyl (C=S) groups is 2. The predicted molar refractivity (Wildman–Crippen MR) is 75.9 cm³/mol. The SMILES string of the molecule is NCc1nc2ccccc2[nH]1.[Cu+2].[N-]=C=S.[N-]=C=S. The van der Waals surface area contributed by atoms with Crippen molar-refractivity contribution < 1.29 is 17.1 Å². The molecule has 0 bridgehead atoms. The second-order valence-corrected chi connectivity index (χ2v) is 2.95. The van der Waals surface area contributed by atoms with E-state index in [0.29, 0.717) is 6.54 Å². The van der Waals surface area contributed by atoms with Gasteiger partial charge in [-0.15, -0.1) is 0 Å². The summed E-state index contributed by atoms with van der Waals surface area (Å²) in [6.07, 6.45) is 0. The van der Waals surface area contributed by atoms with E-state index in [0.717, 1.165) is 16.9 Å². The average Bonchev–Trinajstić information content (AvgIpc) is 2.74. The Balaban J connectivity index is 0. The molecular weight excluding hydrogens is 318 g/mol. The monoisotopic (exact) mass is 326 g/mol. The van der Waals surface area contributed by atoms with Gasteiger partial charge in [0, 0.05) is 0 Å². The minimum atomic E-state index is 0. The first-order valence-corrected chi connectivity index (χ1v) is 5.21. The fourth-order valence-corrected chi connectivity index (χ4v) is 1.10. The molecule has 1 radical (unpaired) electrons. The molecule has 0 aliphatic carbocycles. The Kier molecular flexibility index (Phi) is 13.0. The summed E-state index contributed by atoms with van der Waals surface area (Å²) in [5, 5.41) is 16.9. The van der Waals surface area contributed by atoms with E-state index in [4.69, 9.17) is 16.6 Å². The summed E-state index contributed by atoms with van der Waals surface area (Å²) in [6.45, 7) is 0.467. The standard InChI is InChI=1S/C8H9N3.2CNS.Cu/c9-5-8-10-6-3-1-2-4-7(6)11-8;2*2-1-3;/h1-4H,5,9H2,(H,10,11);;;/q;2*-1;+2. The Morgan fingerprint density at radius 2 is 1.72 bits per heavy atom. The van der Waals surface area contributed by atoms with Crippen LogP contribution in [0.25, 0.3) is 21.9 Å². The van der Waals surface area contributed by atoms with Gasteiger partial charge >= 0.3 is 17.1 Å². The summed E-state index contributed by atoms with van der Waals surface area (Å²) in [6, 6.07) is 7.89. The van der Waals surface area contributed by atoms with Crippen LogP contribution < -0.4 is 5.73 Å². The molecule has 5 nitrogen and oxygen atoms in total. The number of nitrogens with two attached hydrogens (primary N) is 1. The van der Waals surface area contributed by atoms with Crippen LogP contribution in [-0.4, -0.2) is 20.3 Å². The van der Waals surface area contributed by atoms with Gasteiger partial charge in [0.05, 0.1) is 17.6 Å². The largest absolute Gasteiger partial charge is 2.00 e. The van der Waals surface area contributed by atoms with Crippen LogP contribution in [0, 0.1) is 0 Å².